The summed E-state index contributed by atoms with van der Waals surface area (Å²) in [4.78, 5) is 7.40. The van der Waals surface area contributed by atoms with Gasteiger partial charge >= 0.3 is 0 Å². The molecule has 0 aliphatic carbocycles. The van der Waals surface area contributed by atoms with E-state index in [4.69, 9.17) is 10.5 Å². The minimum atomic E-state index is -2.26. The number of benzene rings is 1. The number of nitrogens with two attached hydrogens (primary N) is 1. The van der Waals surface area contributed by atoms with Crippen LogP contribution in [-0.2, 0) is 0 Å². The molecule has 0 aliphatic heterocycles. The number of methoxy groups -OCH3 is 1. The predicted octanol–water partition coefficient (Wildman–Crippen LogP) is 2.23. The summed E-state index contributed by atoms with van der Waals surface area (Å²) in [5, 5.41) is 0. The van der Waals surface area contributed by atoms with Gasteiger partial charge in [-0.1, -0.05) is 0 Å². The monoisotopic (exact) mass is 305 g/mol. The third-order valence-electron chi connectivity index (χ3n) is 2.73. The first-order chi connectivity index (χ1) is 9.90. The Morgan fingerprint density at radius 1 is 0.905 bits per heavy atom. The van der Waals surface area contributed by atoms with Gasteiger partial charge in [0.1, 0.15) is 5.69 Å². The van der Waals surface area contributed by atoms with E-state index in [-0.39, 0.29) is 11.6 Å². The van der Waals surface area contributed by atoms with E-state index in [1.807, 2.05) is 0 Å². The lowest BCUT2D eigenvalue weighted by Gasteiger charge is -2.16. The van der Waals surface area contributed by atoms with Crippen molar-refractivity contribution < 1.29 is 26.7 Å². The highest BCUT2D eigenvalue weighted by Gasteiger charge is 2.31. The van der Waals surface area contributed by atoms with Crippen LogP contribution in [-0.4, -0.2) is 17.1 Å². The molecule has 4 nitrogen and oxygen atoms in total. The molecule has 0 radical (unpaired) electrons. The standard InChI is InChI=1S/C12H8F5N3O/c1-21-12-11(19-2-3-20-12)10(18)4-5(13)7(15)9(17)8(16)6(4)14/h2-3,10H,18H2,1H3. The van der Waals surface area contributed by atoms with E-state index < -0.39 is 40.7 Å². The lowest BCUT2D eigenvalue weighted by molar-refractivity contribution is 0.362. The Kier molecular flexibility index (Phi) is 4.03. The molecule has 2 rings (SSSR count). The van der Waals surface area contributed by atoms with Gasteiger partial charge in [0.05, 0.1) is 18.7 Å². The second kappa shape index (κ2) is 5.60. The minimum absolute atomic E-state index is 0.186. The van der Waals surface area contributed by atoms with Crippen molar-refractivity contribution in [3.8, 4) is 5.88 Å². The van der Waals surface area contributed by atoms with Crippen molar-refractivity contribution >= 4 is 0 Å². The first-order valence-corrected chi connectivity index (χ1v) is 5.51. The second-order valence-corrected chi connectivity index (χ2v) is 3.91. The Labute approximate surface area is 115 Å². The molecule has 0 bridgehead atoms. The zero-order valence-corrected chi connectivity index (χ0v) is 10.5. The number of nitrogens with zero attached hydrogens (tertiary/aromatic N) is 2. The Hall–Kier alpha value is -2.29. The second-order valence-electron chi connectivity index (χ2n) is 3.91. The van der Waals surface area contributed by atoms with Crippen molar-refractivity contribution in [2.24, 2.45) is 5.73 Å². The molecule has 112 valence electrons. The molecule has 0 fully saturated rings. The van der Waals surface area contributed by atoms with Gasteiger partial charge in [-0.15, -0.1) is 0 Å². The molecule has 1 unspecified atom stereocenters. The molecule has 0 saturated heterocycles. The lowest BCUT2D eigenvalue weighted by Crippen LogP contribution is -2.21. The molecule has 2 N–H and O–H groups in total. The van der Waals surface area contributed by atoms with Gasteiger partial charge in [0.15, 0.2) is 23.3 Å². The molecule has 1 atom stereocenters. The first kappa shape index (κ1) is 15.1. The number of ether oxygens (including phenoxy) is 1. The Balaban J connectivity index is 2.67. The minimum Gasteiger partial charge on any atom is -0.480 e. The van der Waals surface area contributed by atoms with Crippen LogP contribution in [0.25, 0.3) is 0 Å². The molecule has 2 aromatic rings. The third-order valence-corrected chi connectivity index (χ3v) is 2.73. The van der Waals surface area contributed by atoms with Crippen molar-refractivity contribution in [2.45, 2.75) is 6.04 Å². The number of hydrogen-bond acceptors (Lipinski definition) is 4. The number of rotatable bonds is 3. The van der Waals surface area contributed by atoms with Gasteiger partial charge in [-0.2, -0.15) is 0 Å². The van der Waals surface area contributed by atoms with Crippen LogP contribution >= 0.6 is 0 Å². The van der Waals surface area contributed by atoms with Gasteiger partial charge in [-0.25, -0.2) is 26.9 Å². The quantitative estimate of drug-likeness (QED) is 0.537. The highest BCUT2D eigenvalue weighted by atomic mass is 19.2. The first-order valence-electron chi connectivity index (χ1n) is 5.51. The van der Waals surface area contributed by atoms with Crippen molar-refractivity contribution in [3.63, 3.8) is 0 Å². The van der Waals surface area contributed by atoms with E-state index in [1.165, 1.54) is 13.3 Å². The predicted molar refractivity (Wildman–Crippen MR) is 60.8 cm³/mol. The van der Waals surface area contributed by atoms with E-state index >= 15 is 0 Å². The summed E-state index contributed by atoms with van der Waals surface area (Å²) in [6.45, 7) is 0. The van der Waals surface area contributed by atoms with Crippen LogP contribution in [0.3, 0.4) is 0 Å². The Morgan fingerprint density at radius 2 is 1.38 bits per heavy atom. The number of hydrogen-bond donors (Lipinski definition) is 1. The van der Waals surface area contributed by atoms with Crippen LogP contribution in [0.5, 0.6) is 5.88 Å². The molecule has 9 heteroatoms. The van der Waals surface area contributed by atoms with Crippen molar-refractivity contribution in [1.82, 2.24) is 9.97 Å². The van der Waals surface area contributed by atoms with Gasteiger partial charge in [0.25, 0.3) is 0 Å². The highest BCUT2D eigenvalue weighted by molar-refractivity contribution is 5.35. The van der Waals surface area contributed by atoms with Crippen LogP contribution in [0.4, 0.5) is 22.0 Å². The third kappa shape index (κ3) is 2.40. The molecular formula is C12H8F5N3O. The van der Waals surface area contributed by atoms with E-state index in [2.05, 4.69) is 9.97 Å². The van der Waals surface area contributed by atoms with Gasteiger partial charge in [0, 0.05) is 12.4 Å². The topological polar surface area (TPSA) is 61.0 Å². The summed E-state index contributed by atoms with van der Waals surface area (Å²) in [5.41, 5.74) is 4.10. The summed E-state index contributed by atoms with van der Waals surface area (Å²) in [7, 11) is 1.19. The Morgan fingerprint density at radius 3 is 1.90 bits per heavy atom. The van der Waals surface area contributed by atoms with Gasteiger partial charge in [-0.3, -0.25) is 4.98 Å². The SMILES string of the molecule is COc1nccnc1C(N)c1c(F)c(F)c(F)c(F)c1F. The maximum Gasteiger partial charge on any atom is 0.237 e. The summed E-state index contributed by atoms with van der Waals surface area (Å²) < 4.78 is 71.5. The normalized spacial score (nSPS) is 12.3. The zero-order chi connectivity index (χ0) is 15.7. The molecule has 0 saturated carbocycles. The van der Waals surface area contributed by atoms with Crippen LogP contribution in [0.2, 0.25) is 0 Å². The zero-order valence-electron chi connectivity index (χ0n) is 10.5. The fourth-order valence-electron chi connectivity index (χ4n) is 1.74. The smallest absolute Gasteiger partial charge is 0.237 e. The summed E-state index contributed by atoms with van der Waals surface area (Å²) in [6, 6.07) is -1.74. The molecule has 0 aliphatic rings. The van der Waals surface area contributed by atoms with E-state index in [1.54, 1.807) is 0 Å². The largest absolute Gasteiger partial charge is 0.480 e. The molecule has 0 spiro atoms. The molecule has 21 heavy (non-hydrogen) atoms. The fourth-order valence-corrected chi connectivity index (χ4v) is 1.74. The van der Waals surface area contributed by atoms with Gasteiger partial charge < -0.3 is 10.5 Å². The molecule has 1 aromatic carbocycles. The average molecular weight is 305 g/mol. The number of aromatic nitrogens is 2. The van der Waals surface area contributed by atoms with Gasteiger partial charge in [-0.05, 0) is 0 Å². The van der Waals surface area contributed by atoms with Crippen molar-refractivity contribution in [3.05, 3.63) is 52.7 Å². The molecule has 1 heterocycles. The molecule has 0 amide bonds. The summed E-state index contributed by atoms with van der Waals surface area (Å²) in [5.74, 6) is -10.6. The van der Waals surface area contributed by atoms with E-state index in [0.717, 1.165) is 6.20 Å². The lowest BCUT2D eigenvalue weighted by atomic mass is 10.0. The van der Waals surface area contributed by atoms with Crippen LogP contribution in [0.1, 0.15) is 17.3 Å². The van der Waals surface area contributed by atoms with Gasteiger partial charge in [0.2, 0.25) is 11.7 Å². The van der Waals surface area contributed by atoms with Crippen molar-refractivity contribution in [1.29, 1.82) is 0 Å². The molecular weight excluding hydrogens is 297 g/mol. The maximum absolute atomic E-state index is 13.7. The van der Waals surface area contributed by atoms with Crippen molar-refractivity contribution in [2.75, 3.05) is 7.11 Å². The van der Waals surface area contributed by atoms with Crippen LogP contribution in [0.15, 0.2) is 12.4 Å². The molecule has 1 aromatic heterocycles. The summed E-state index contributed by atoms with van der Waals surface area (Å²) in [6.07, 6.45) is 2.36. The average Bonchev–Trinajstić information content (AvgIpc) is 2.51. The maximum atomic E-state index is 13.7. The van der Waals surface area contributed by atoms with Crippen LogP contribution in [0, 0.1) is 29.1 Å². The Bertz CT molecular complexity index is 666. The fraction of sp³-hybridized carbons (Fsp3) is 0.167. The van der Waals surface area contributed by atoms with Crippen LogP contribution < -0.4 is 10.5 Å². The van der Waals surface area contributed by atoms with E-state index in [9.17, 15) is 22.0 Å². The summed E-state index contributed by atoms with van der Waals surface area (Å²) >= 11 is 0. The number of halogens is 5. The highest BCUT2D eigenvalue weighted by Crippen LogP contribution is 2.31. The van der Waals surface area contributed by atoms with E-state index in [0.29, 0.717) is 0 Å².